The molecule has 1 saturated carbocycles. The van der Waals surface area contributed by atoms with Gasteiger partial charge >= 0.3 is 0 Å². The van der Waals surface area contributed by atoms with Crippen LogP contribution in [-0.2, 0) is 0 Å². The summed E-state index contributed by atoms with van der Waals surface area (Å²) in [6.07, 6.45) is 3.30. The average molecular weight is 332 g/mol. The standard InChI is InChI=1S/C12H18BrN3OS/c13-10-8-11(14-4-7-18-6-1-5-17)16-12(15-10)9-2-3-9/h8-9,17H,1-7H2,(H,14,15,16). The first-order valence-electron chi connectivity index (χ1n) is 6.26. The highest BCUT2D eigenvalue weighted by Crippen LogP contribution is 2.38. The van der Waals surface area contributed by atoms with E-state index in [2.05, 4.69) is 31.2 Å². The van der Waals surface area contributed by atoms with Crippen molar-refractivity contribution >= 4 is 33.5 Å². The Labute approximate surface area is 120 Å². The van der Waals surface area contributed by atoms with Gasteiger partial charge in [-0.15, -0.1) is 0 Å². The summed E-state index contributed by atoms with van der Waals surface area (Å²) >= 11 is 5.27. The molecule has 100 valence electrons. The number of halogens is 1. The monoisotopic (exact) mass is 331 g/mol. The van der Waals surface area contributed by atoms with E-state index < -0.39 is 0 Å². The zero-order valence-electron chi connectivity index (χ0n) is 10.2. The lowest BCUT2D eigenvalue weighted by Gasteiger charge is -2.07. The highest BCUT2D eigenvalue weighted by atomic mass is 79.9. The molecule has 6 heteroatoms. The second kappa shape index (κ2) is 7.31. The smallest absolute Gasteiger partial charge is 0.135 e. The molecule has 4 nitrogen and oxygen atoms in total. The number of anilines is 1. The first kappa shape index (κ1) is 14.1. The molecule has 0 saturated heterocycles. The number of aliphatic hydroxyl groups is 1. The van der Waals surface area contributed by atoms with Gasteiger partial charge in [-0.25, -0.2) is 9.97 Å². The Morgan fingerprint density at radius 1 is 1.39 bits per heavy atom. The van der Waals surface area contributed by atoms with Crippen molar-refractivity contribution in [2.75, 3.05) is 30.0 Å². The Morgan fingerprint density at radius 2 is 2.22 bits per heavy atom. The SMILES string of the molecule is OCCCSCCNc1cc(Br)nc(C2CC2)n1. The third-order valence-corrected chi connectivity index (χ3v) is 4.13. The number of hydrogen-bond donors (Lipinski definition) is 2. The number of aliphatic hydroxyl groups excluding tert-OH is 1. The summed E-state index contributed by atoms with van der Waals surface area (Å²) in [6, 6.07) is 1.92. The molecule has 0 unspecified atom stereocenters. The second-order valence-electron chi connectivity index (χ2n) is 4.32. The van der Waals surface area contributed by atoms with Gasteiger partial charge in [0.15, 0.2) is 0 Å². The van der Waals surface area contributed by atoms with Gasteiger partial charge in [0.25, 0.3) is 0 Å². The lowest BCUT2D eigenvalue weighted by molar-refractivity contribution is 0.296. The number of thioether (sulfide) groups is 1. The fourth-order valence-electron chi connectivity index (χ4n) is 1.57. The number of aromatic nitrogens is 2. The molecule has 1 heterocycles. The lowest BCUT2D eigenvalue weighted by atomic mass is 10.4. The number of rotatable bonds is 8. The van der Waals surface area contributed by atoms with E-state index in [1.165, 1.54) is 12.8 Å². The van der Waals surface area contributed by atoms with Crippen LogP contribution in [0.4, 0.5) is 5.82 Å². The highest BCUT2D eigenvalue weighted by molar-refractivity contribution is 9.10. The van der Waals surface area contributed by atoms with E-state index in [0.29, 0.717) is 5.92 Å². The van der Waals surface area contributed by atoms with Crippen LogP contribution in [-0.4, -0.2) is 39.7 Å². The zero-order valence-corrected chi connectivity index (χ0v) is 12.6. The van der Waals surface area contributed by atoms with Gasteiger partial charge < -0.3 is 10.4 Å². The van der Waals surface area contributed by atoms with E-state index >= 15 is 0 Å². The van der Waals surface area contributed by atoms with Gasteiger partial charge in [-0.1, -0.05) is 0 Å². The van der Waals surface area contributed by atoms with Crippen molar-refractivity contribution < 1.29 is 5.11 Å². The summed E-state index contributed by atoms with van der Waals surface area (Å²) in [5.74, 6) is 4.47. The molecule has 1 aromatic rings. The summed E-state index contributed by atoms with van der Waals surface area (Å²) in [5.41, 5.74) is 0. The molecule has 0 spiro atoms. The predicted octanol–water partition coefficient (Wildman–Crippen LogP) is 2.64. The topological polar surface area (TPSA) is 58.0 Å². The van der Waals surface area contributed by atoms with E-state index in [1.54, 1.807) is 0 Å². The van der Waals surface area contributed by atoms with Crippen molar-refractivity contribution in [2.24, 2.45) is 0 Å². The van der Waals surface area contributed by atoms with Gasteiger partial charge in [-0.2, -0.15) is 11.8 Å². The average Bonchev–Trinajstić information content (AvgIpc) is 3.17. The van der Waals surface area contributed by atoms with Crippen LogP contribution in [0.2, 0.25) is 0 Å². The molecule has 1 fully saturated rings. The minimum absolute atomic E-state index is 0.282. The maximum atomic E-state index is 8.67. The van der Waals surface area contributed by atoms with Gasteiger partial charge in [0.2, 0.25) is 0 Å². The van der Waals surface area contributed by atoms with E-state index in [-0.39, 0.29) is 6.61 Å². The number of nitrogens with zero attached hydrogens (tertiary/aromatic N) is 2. The summed E-state index contributed by atoms with van der Waals surface area (Å²) < 4.78 is 0.856. The van der Waals surface area contributed by atoms with E-state index in [9.17, 15) is 0 Å². The minimum atomic E-state index is 0.282. The normalized spacial score (nSPS) is 14.8. The molecule has 2 rings (SSSR count). The molecule has 0 amide bonds. The number of hydrogen-bond acceptors (Lipinski definition) is 5. The molecule has 1 aromatic heterocycles. The zero-order chi connectivity index (χ0) is 12.8. The molecule has 0 atom stereocenters. The molecule has 2 N–H and O–H groups in total. The van der Waals surface area contributed by atoms with Gasteiger partial charge in [0.1, 0.15) is 16.2 Å². The molecule has 0 bridgehead atoms. The maximum Gasteiger partial charge on any atom is 0.135 e. The van der Waals surface area contributed by atoms with Crippen LogP contribution >= 0.6 is 27.7 Å². The lowest BCUT2D eigenvalue weighted by Crippen LogP contribution is -2.08. The predicted molar refractivity (Wildman–Crippen MR) is 79.2 cm³/mol. The minimum Gasteiger partial charge on any atom is -0.396 e. The molecule has 18 heavy (non-hydrogen) atoms. The quantitative estimate of drug-likeness (QED) is 0.566. The molecule has 1 aliphatic carbocycles. The Hall–Kier alpha value is -0.330. The van der Waals surface area contributed by atoms with Crippen LogP contribution in [0.5, 0.6) is 0 Å². The molecule has 0 aromatic carbocycles. The molecule has 1 aliphatic rings. The first-order chi connectivity index (χ1) is 8.79. The van der Waals surface area contributed by atoms with E-state index in [1.807, 2.05) is 17.8 Å². The second-order valence-corrected chi connectivity index (χ2v) is 6.36. The summed E-state index contributed by atoms with van der Waals surface area (Å²) in [4.78, 5) is 8.93. The fraction of sp³-hybridized carbons (Fsp3) is 0.667. The highest BCUT2D eigenvalue weighted by Gasteiger charge is 2.27. The van der Waals surface area contributed by atoms with Crippen LogP contribution in [0, 0.1) is 0 Å². The van der Waals surface area contributed by atoms with Crippen LogP contribution in [0.3, 0.4) is 0 Å². The largest absolute Gasteiger partial charge is 0.396 e. The molecule has 0 aliphatic heterocycles. The van der Waals surface area contributed by atoms with E-state index in [4.69, 9.17) is 5.11 Å². The Kier molecular flexibility index (Phi) is 5.72. The summed E-state index contributed by atoms with van der Waals surface area (Å²) in [5, 5.41) is 12.0. The van der Waals surface area contributed by atoms with E-state index in [0.717, 1.165) is 40.7 Å². The van der Waals surface area contributed by atoms with Gasteiger partial charge in [-0.3, -0.25) is 0 Å². The van der Waals surface area contributed by atoms with Crippen LogP contribution in [0.1, 0.15) is 31.0 Å². The molecular formula is C12H18BrN3OS. The van der Waals surface area contributed by atoms with Crippen LogP contribution in [0.15, 0.2) is 10.7 Å². The van der Waals surface area contributed by atoms with Gasteiger partial charge in [-0.05, 0) is 40.9 Å². The molecule has 0 radical (unpaired) electrons. The van der Waals surface area contributed by atoms with Crippen LogP contribution < -0.4 is 5.32 Å². The van der Waals surface area contributed by atoms with Crippen molar-refractivity contribution in [2.45, 2.75) is 25.2 Å². The van der Waals surface area contributed by atoms with Crippen LogP contribution in [0.25, 0.3) is 0 Å². The summed E-state index contributed by atoms with van der Waals surface area (Å²) in [6.45, 7) is 1.17. The van der Waals surface area contributed by atoms with Crippen molar-refractivity contribution in [3.8, 4) is 0 Å². The Bertz CT molecular complexity index is 388. The third-order valence-electron chi connectivity index (χ3n) is 2.65. The van der Waals surface area contributed by atoms with Crippen molar-refractivity contribution in [1.29, 1.82) is 0 Å². The van der Waals surface area contributed by atoms with Gasteiger partial charge in [0.05, 0.1) is 0 Å². The van der Waals surface area contributed by atoms with Crippen molar-refractivity contribution in [3.05, 3.63) is 16.5 Å². The third kappa shape index (κ3) is 4.74. The Morgan fingerprint density at radius 3 is 2.94 bits per heavy atom. The maximum absolute atomic E-state index is 8.67. The molecular weight excluding hydrogens is 314 g/mol. The number of nitrogens with one attached hydrogen (secondary N) is 1. The van der Waals surface area contributed by atoms with Gasteiger partial charge in [0, 0.05) is 30.9 Å². The first-order valence-corrected chi connectivity index (χ1v) is 8.21. The fourth-order valence-corrected chi connectivity index (χ4v) is 2.75. The summed E-state index contributed by atoms with van der Waals surface area (Å²) in [7, 11) is 0. The Balaban J connectivity index is 1.74. The van der Waals surface area contributed by atoms with Crippen molar-refractivity contribution in [3.63, 3.8) is 0 Å². The van der Waals surface area contributed by atoms with Crippen molar-refractivity contribution in [1.82, 2.24) is 9.97 Å².